The van der Waals surface area contributed by atoms with Crippen molar-refractivity contribution in [3.8, 4) is 5.75 Å². The smallest absolute Gasteiger partial charge is 0.344 e. The van der Waals surface area contributed by atoms with E-state index >= 15 is 0 Å². The van der Waals surface area contributed by atoms with Gasteiger partial charge in [-0.05, 0) is 41.3 Å². The summed E-state index contributed by atoms with van der Waals surface area (Å²) in [6, 6.07) is 21.0. The minimum Gasteiger partial charge on any atom is -0.489 e. The van der Waals surface area contributed by atoms with E-state index in [1.807, 2.05) is 54.6 Å². The van der Waals surface area contributed by atoms with Crippen LogP contribution >= 0.6 is 15.9 Å². The third kappa shape index (κ3) is 2.81. The van der Waals surface area contributed by atoms with Crippen molar-refractivity contribution in [3.05, 3.63) is 87.2 Å². The first-order valence-electron chi connectivity index (χ1n) is 7.53. The molecule has 0 aliphatic rings. The largest absolute Gasteiger partial charge is 0.489 e. The monoisotopic (exact) mass is 380 g/mol. The zero-order valence-corrected chi connectivity index (χ0v) is 14.2. The molecule has 0 bridgehead atoms. The zero-order valence-electron chi connectivity index (χ0n) is 12.7. The second kappa shape index (κ2) is 6.13. The summed E-state index contributed by atoms with van der Waals surface area (Å²) in [6.45, 7) is 0.447. The summed E-state index contributed by atoms with van der Waals surface area (Å²) in [5.74, 6) is 0.668. The van der Waals surface area contributed by atoms with Gasteiger partial charge in [0.25, 0.3) is 0 Å². The molecule has 0 spiro atoms. The fourth-order valence-corrected chi connectivity index (χ4v) is 3.19. The van der Waals surface area contributed by atoms with E-state index in [4.69, 9.17) is 9.15 Å². The summed E-state index contributed by atoms with van der Waals surface area (Å²) >= 11 is 3.45. The molecule has 3 nitrogen and oxygen atoms in total. The van der Waals surface area contributed by atoms with Crippen molar-refractivity contribution in [2.45, 2.75) is 6.61 Å². The van der Waals surface area contributed by atoms with Crippen LogP contribution in [0.25, 0.3) is 21.7 Å². The van der Waals surface area contributed by atoms with Crippen molar-refractivity contribution in [3.63, 3.8) is 0 Å². The van der Waals surface area contributed by atoms with Crippen LogP contribution in [0.5, 0.6) is 5.75 Å². The first kappa shape index (κ1) is 15.0. The molecule has 118 valence electrons. The van der Waals surface area contributed by atoms with Crippen LogP contribution < -0.4 is 10.4 Å². The van der Waals surface area contributed by atoms with Crippen LogP contribution in [0.15, 0.2) is 80.4 Å². The SMILES string of the molecule is O=c1oc2cc(OCc3cccc(Br)c3)ccc2c2ccccc12. The Bertz CT molecular complexity index is 1100. The third-order valence-electron chi connectivity index (χ3n) is 3.89. The van der Waals surface area contributed by atoms with Gasteiger partial charge in [0.2, 0.25) is 0 Å². The zero-order chi connectivity index (χ0) is 16.5. The summed E-state index contributed by atoms with van der Waals surface area (Å²) < 4.78 is 12.3. The van der Waals surface area contributed by atoms with Crippen molar-refractivity contribution < 1.29 is 9.15 Å². The Morgan fingerprint density at radius 2 is 1.71 bits per heavy atom. The van der Waals surface area contributed by atoms with Crippen LogP contribution in [0.1, 0.15) is 5.56 Å². The van der Waals surface area contributed by atoms with Gasteiger partial charge < -0.3 is 9.15 Å². The van der Waals surface area contributed by atoms with Gasteiger partial charge in [0.15, 0.2) is 0 Å². The fourth-order valence-electron chi connectivity index (χ4n) is 2.74. The average molecular weight is 381 g/mol. The maximum absolute atomic E-state index is 12.1. The van der Waals surface area contributed by atoms with Crippen molar-refractivity contribution in [1.29, 1.82) is 0 Å². The number of rotatable bonds is 3. The molecule has 0 N–H and O–H groups in total. The fraction of sp³-hybridized carbons (Fsp3) is 0.0500. The van der Waals surface area contributed by atoms with Crippen molar-refractivity contribution in [1.82, 2.24) is 0 Å². The minimum absolute atomic E-state index is 0.331. The Balaban J connectivity index is 1.71. The molecule has 0 amide bonds. The van der Waals surface area contributed by atoms with Gasteiger partial charge in [-0.2, -0.15) is 0 Å². The highest BCUT2D eigenvalue weighted by Gasteiger charge is 2.08. The molecule has 0 aliphatic carbocycles. The molecule has 1 aromatic heterocycles. The molecule has 0 fully saturated rings. The highest BCUT2D eigenvalue weighted by molar-refractivity contribution is 9.10. The van der Waals surface area contributed by atoms with Crippen molar-refractivity contribution in [2.24, 2.45) is 0 Å². The maximum Gasteiger partial charge on any atom is 0.344 e. The lowest BCUT2D eigenvalue weighted by Gasteiger charge is -2.08. The Morgan fingerprint density at radius 1 is 0.875 bits per heavy atom. The number of benzene rings is 3. The molecule has 0 saturated carbocycles. The lowest BCUT2D eigenvalue weighted by Crippen LogP contribution is -2.00. The van der Waals surface area contributed by atoms with Gasteiger partial charge in [-0.25, -0.2) is 4.79 Å². The lowest BCUT2D eigenvalue weighted by atomic mass is 10.1. The molecule has 24 heavy (non-hydrogen) atoms. The van der Waals surface area contributed by atoms with Crippen LogP contribution in [-0.4, -0.2) is 0 Å². The van der Waals surface area contributed by atoms with Gasteiger partial charge in [-0.3, -0.25) is 0 Å². The van der Waals surface area contributed by atoms with Crippen LogP contribution in [0.3, 0.4) is 0 Å². The summed E-state index contributed by atoms with van der Waals surface area (Å²) in [4.78, 5) is 12.1. The van der Waals surface area contributed by atoms with E-state index in [0.29, 0.717) is 23.3 Å². The molecule has 0 atom stereocenters. The van der Waals surface area contributed by atoms with Gasteiger partial charge in [0.05, 0.1) is 5.39 Å². The van der Waals surface area contributed by atoms with E-state index in [1.54, 1.807) is 12.1 Å². The number of fused-ring (bicyclic) bond motifs is 3. The van der Waals surface area contributed by atoms with E-state index in [9.17, 15) is 4.79 Å². The number of halogens is 1. The molecule has 0 radical (unpaired) electrons. The predicted octanol–water partition coefficient (Wildman–Crippen LogP) is 5.29. The summed E-state index contributed by atoms with van der Waals surface area (Å²) in [5, 5.41) is 2.38. The molecular weight excluding hydrogens is 368 g/mol. The topological polar surface area (TPSA) is 39.4 Å². The number of hydrogen-bond donors (Lipinski definition) is 0. The van der Waals surface area contributed by atoms with Crippen LogP contribution in [0, 0.1) is 0 Å². The van der Waals surface area contributed by atoms with E-state index in [2.05, 4.69) is 15.9 Å². The molecule has 0 aliphatic heterocycles. The highest BCUT2D eigenvalue weighted by atomic mass is 79.9. The number of ether oxygens (including phenoxy) is 1. The van der Waals surface area contributed by atoms with Gasteiger partial charge in [0, 0.05) is 15.9 Å². The maximum atomic E-state index is 12.1. The Morgan fingerprint density at radius 3 is 2.54 bits per heavy atom. The minimum atomic E-state index is -0.331. The van der Waals surface area contributed by atoms with Crippen LogP contribution in [-0.2, 0) is 6.61 Å². The Labute approximate surface area is 146 Å². The molecule has 4 aromatic rings. The van der Waals surface area contributed by atoms with Gasteiger partial charge >= 0.3 is 5.63 Å². The second-order valence-corrected chi connectivity index (χ2v) is 6.43. The van der Waals surface area contributed by atoms with E-state index < -0.39 is 0 Å². The quantitative estimate of drug-likeness (QED) is 0.358. The van der Waals surface area contributed by atoms with E-state index in [-0.39, 0.29) is 5.63 Å². The average Bonchev–Trinajstić information content (AvgIpc) is 2.60. The lowest BCUT2D eigenvalue weighted by molar-refractivity contribution is 0.306. The third-order valence-corrected chi connectivity index (χ3v) is 4.38. The first-order valence-corrected chi connectivity index (χ1v) is 8.33. The molecule has 4 heteroatoms. The number of hydrogen-bond acceptors (Lipinski definition) is 3. The Kier molecular flexibility index (Phi) is 3.82. The van der Waals surface area contributed by atoms with Crippen molar-refractivity contribution >= 4 is 37.7 Å². The van der Waals surface area contributed by atoms with Crippen molar-refractivity contribution in [2.75, 3.05) is 0 Å². The van der Waals surface area contributed by atoms with Gasteiger partial charge in [0.1, 0.15) is 17.9 Å². The van der Waals surface area contributed by atoms with Gasteiger partial charge in [-0.1, -0.05) is 46.3 Å². The molecule has 3 aromatic carbocycles. The molecular formula is C20H13BrO3. The van der Waals surface area contributed by atoms with E-state index in [1.165, 1.54) is 0 Å². The molecule has 0 unspecified atom stereocenters. The standard InChI is InChI=1S/C20H13BrO3/c21-14-5-3-4-13(10-14)12-23-15-8-9-17-16-6-1-2-7-18(16)20(22)24-19(17)11-15/h1-11H,12H2. The van der Waals surface area contributed by atoms with Crippen LogP contribution in [0.2, 0.25) is 0 Å². The normalized spacial score (nSPS) is 11.0. The van der Waals surface area contributed by atoms with Gasteiger partial charge in [-0.15, -0.1) is 0 Å². The predicted molar refractivity (Wildman–Crippen MR) is 98.5 cm³/mol. The van der Waals surface area contributed by atoms with Crippen LogP contribution in [0.4, 0.5) is 0 Å². The summed E-state index contributed by atoms with van der Waals surface area (Å²) in [5.41, 5.74) is 1.26. The Hall–Kier alpha value is -2.59. The molecule has 0 saturated heterocycles. The summed E-state index contributed by atoms with van der Waals surface area (Å²) in [6.07, 6.45) is 0. The molecule has 1 heterocycles. The first-order chi connectivity index (χ1) is 11.7. The molecule has 4 rings (SSSR count). The highest BCUT2D eigenvalue weighted by Crippen LogP contribution is 2.26. The summed E-state index contributed by atoms with van der Waals surface area (Å²) in [7, 11) is 0. The second-order valence-electron chi connectivity index (χ2n) is 5.51. The van der Waals surface area contributed by atoms with E-state index in [0.717, 1.165) is 20.8 Å².